The lowest BCUT2D eigenvalue weighted by Gasteiger charge is -2.22. The molecular weight excluding hydrogens is 420 g/mol. The van der Waals surface area contributed by atoms with Crippen LogP contribution in [-0.4, -0.2) is 64.6 Å². The van der Waals surface area contributed by atoms with Crippen LogP contribution in [0, 0.1) is 0 Å². The number of nitrogens with zero attached hydrogens (tertiary/aromatic N) is 1. The van der Waals surface area contributed by atoms with E-state index in [9.17, 15) is 24.3 Å². The lowest BCUT2D eigenvalue weighted by molar-refractivity contribution is -0.143. The summed E-state index contributed by atoms with van der Waals surface area (Å²) in [6.07, 6.45) is -0.0839. The Hall–Kier alpha value is -3.67. The van der Waals surface area contributed by atoms with Crippen LogP contribution in [0.5, 0.6) is 0 Å². The molecule has 0 aliphatic rings. The molecule has 3 atom stereocenters. The molecule has 0 saturated carbocycles. The number of rotatable bonds is 14. The van der Waals surface area contributed by atoms with Gasteiger partial charge in [-0.3, -0.25) is 19.4 Å². The van der Waals surface area contributed by atoms with Crippen molar-refractivity contribution < 1.29 is 29.4 Å². The summed E-state index contributed by atoms with van der Waals surface area (Å²) in [5.74, 6) is -4.06. The SMILES string of the molecule is NC(N)=NCCCC(NC(=O)C(N)Cc1ccccc1)C(=O)NC(CCC(=O)O)C(=O)O. The van der Waals surface area contributed by atoms with Gasteiger partial charge in [0, 0.05) is 13.0 Å². The van der Waals surface area contributed by atoms with Crippen molar-refractivity contribution in [2.75, 3.05) is 6.54 Å². The summed E-state index contributed by atoms with van der Waals surface area (Å²) in [6.45, 7) is 0.194. The Morgan fingerprint density at radius 3 is 2.12 bits per heavy atom. The number of carbonyl (C=O) groups excluding carboxylic acids is 2. The predicted molar refractivity (Wildman–Crippen MR) is 116 cm³/mol. The fourth-order valence-corrected chi connectivity index (χ4v) is 2.81. The van der Waals surface area contributed by atoms with Gasteiger partial charge in [0.2, 0.25) is 11.8 Å². The van der Waals surface area contributed by atoms with Crippen LogP contribution in [0.1, 0.15) is 31.2 Å². The Kier molecular flexibility index (Phi) is 11.2. The van der Waals surface area contributed by atoms with Crippen molar-refractivity contribution in [2.45, 2.75) is 50.2 Å². The average molecular weight is 450 g/mol. The Morgan fingerprint density at radius 1 is 0.938 bits per heavy atom. The zero-order valence-corrected chi connectivity index (χ0v) is 17.6. The zero-order chi connectivity index (χ0) is 24.1. The predicted octanol–water partition coefficient (Wildman–Crippen LogP) is -1.47. The zero-order valence-electron chi connectivity index (χ0n) is 17.6. The van der Waals surface area contributed by atoms with Crippen LogP contribution in [0.4, 0.5) is 0 Å². The molecule has 0 saturated heterocycles. The van der Waals surface area contributed by atoms with Crippen molar-refractivity contribution >= 4 is 29.7 Å². The molecule has 176 valence electrons. The Labute approximate surface area is 185 Å². The highest BCUT2D eigenvalue weighted by atomic mass is 16.4. The molecule has 2 amide bonds. The third-order valence-electron chi connectivity index (χ3n) is 4.47. The van der Waals surface area contributed by atoms with E-state index in [0.717, 1.165) is 5.56 Å². The molecule has 32 heavy (non-hydrogen) atoms. The third kappa shape index (κ3) is 10.4. The second kappa shape index (κ2) is 13.6. The normalized spacial score (nSPS) is 13.3. The van der Waals surface area contributed by atoms with Crippen LogP contribution in [0.15, 0.2) is 35.3 Å². The van der Waals surface area contributed by atoms with Crippen molar-refractivity contribution in [3.63, 3.8) is 0 Å². The molecule has 1 aromatic rings. The molecule has 0 spiro atoms. The number of aliphatic carboxylic acids is 2. The lowest BCUT2D eigenvalue weighted by atomic mass is 10.0. The monoisotopic (exact) mass is 450 g/mol. The minimum Gasteiger partial charge on any atom is -0.481 e. The maximum atomic E-state index is 12.7. The van der Waals surface area contributed by atoms with E-state index in [0.29, 0.717) is 6.42 Å². The number of amides is 2. The fraction of sp³-hybridized carbons (Fsp3) is 0.450. The summed E-state index contributed by atoms with van der Waals surface area (Å²) in [7, 11) is 0. The van der Waals surface area contributed by atoms with Gasteiger partial charge in [-0.1, -0.05) is 30.3 Å². The number of aliphatic imine (C=N–C) groups is 1. The second-order valence-electron chi connectivity index (χ2n) is 7.14. The number of carbonyl (C=O) groups is 4. The van der Waals surface area contributed by atoms with Crippen molar-refractivity contribution in [1.82, 2.24) is 10.6 Å². The molecule has 0 radical (unpaired) electrons. The highest BCUT2D eigenvalue weighted by Gasteiger charge is 2.28. The molecule has 0 aliphatic carbocycles. The molecule has 12 nitrogen and oxygen atoms in total. The Morgan fingerprint density at radius 2 is 1.56 bits per heavy atom. The van der Waals surface area contributed by atoms with E-state index >= 15 is 0 Å². The Balaban J connectivity index is 2.83. The topological polar surface area (TPSA) is 223 Å². The van der Waals surface area contributed by atoms with E-state index in [-0.39, 0.29) is 31.8 Å². The van der Waals surface area contributed by atoms with E-state index in [4.69, 9.17) is 22.3 Å². The fourth-order valence-electron chi connectivity index (χ4n) is 2.81. The molecule has 3 unspecified atom stereocenters. The van der Waals surface area contributed by atoms with Crippen molar-refractivity contribution in [3.8, 4) is 0 Å². The summed E-state index contributed by atoms with van der Waals surface area (Å²) >= 11 is 0. The van der Waals surface area contributed by atoms with Gasteiger partial charge in [0.05, 0.1) is 6.04 Å². The summed E-state index contributed by atoms with van der Waals surface area (Å²) in [5, 5.41) is 22.8. The average Bonchev–Trinajstić information content (AvgIpc) is 2.73. The number of nitrogens with one attached hydrogen (secondary N) is 2. The van der Waals surface area contributed by atoms with Gasteiger partial charge in [-0.25, -0.2) is 4.79 Å². The first-order chi connectivity index (χ1) is 15.1. The van der Waals surface area contributed by atoms with Gasteiger partial charge in [0.15, 0.2) is 5.96 Å². The van der Waals surface area contributed by atoms with Gasteiger partial charge < -0.3 is 38.0 Å². The highest BCUT2D eigenvalue weighted by Crippen LogP contribution is 2.06. The van der Waals surface area contributed by atoms with Crippen molar-refractivity contribution in [3.05, 3.63) is 35.9 Å². The van der Waals surface area contributed by atoms with Gasteiger partial charge in [0.1, 0.15) is 12.1 Å². The maximum absolute atomic E-state index is 12.7. The van der Waals surface area contributed by atoms with Gasteiger partial charge in [-0.05, 0) is 31.2 Å². The number of benzene rings is 1. The van der Waals surface area contributed by atoms with Gasteiger partial charge in [0.25, 0.3) is 0 Å². The van der Waals surface area contributed by atoms with Gasteiger partial charge in [-0.2, -0.15) is 0 Å². The molecule has 0 heterocycles. The largest absolute Gasteiger partial charge is 0.481 e. The number of carboxylic acid groups (broad SMARTS) is 2. The number of hydrogen-bond acceptors (Lipinski definition) is 6. The molecule has 10 N–H and O–H groups in total. The quantitative estimate of drug-likeness (QED) is 0.0996. The summed E-state index contributed by atoms with van der Waals surface area (Å²) in [4.78, 5) is 51.2. The van der Waals surface area contributed by atoms with Crippen LogP contribution in [0.3, 0.4) is 0 Å². The van der Waals surface area contributed by atoms with Crippen molar-refractivity contribution in [2.24, 2.45) is 22.2 Å². The van der Waals surface area contributed by atoms with Crippen LogP contribution in [0.25, 0.3) is 0 Å². The van der Waals surface area contributed by atoms with Crippen LogP contribution in [-0.2, 0) is 25.6 Å². The lowest BCUT2D eigenvalue weighted by Crippen LogP contribution is -2.54. The van der Waals surface area contributed by atoms with Crippen LogP contribution < -0.4 is 27.8 Å². The minimum absolute atomic E-state index is 0.109. The first-order valence-corrected chi connectivity index (χ1v) is 10.0. The molecule has 1 rings (SSSR count). The smallest absolute Gasteiger partial charge is 0.326 e. The minimum atomic E-state index is -1.42. The molecule has 0 aliphatic heterocycles. The summed E-state index contributed by atoms with van der Waals surface area (Å²) < 4.78 is 0. The first kappa shape index (κ1) is 26.4. The van der Waals surface area contributed by atoms with Gasteiger partial charge in [-0.15, -0.1) is 0 Å². The maximum Gasteiger partial charge on any atom is 0.326 e. The van der Waals surface area contributed by atoms with Crippen LogP contribution in [0.2, 0.25) is 0 Å². The van der Waals surface area contributed by atoms with E-state index in [1.54, 1.807) is 0 Å². The second-order valence-corrected chi connectivity index (χ2v) is 7.14. The number of hydrogen-bond donors (Lipinski definition) is 7. The van der Waals surface area contributed by atoms with Crippen molar-refractivity contribution in [1.29, 1.82) is 0 Å². The molecular formula is C20H30N6O6. The number of guanidine groups is 1. The Bertz CT molecular complexity index is 812. The number of carboxylic acids is 2. The van der Waals surface area contributed by atoms with Gasteiger partial charge >= 0.3 is 11.9 Å². The molecule has 0 fully saturated rings. The highest BCUT2D eigenvalue weighted by molar-refractivity contribution is 5.92. The third-order valence-corrected chi connectivity index (χ3v) is 4.47. The first-order valence-electron chi connectivity index (χ1n) is 10.0. The molecule has 0 aromatic heterocycles. The molecule has 0 bridgehead atoms. The van der Waals surface area contributed by atoms with E-state index in [2.05, 4.69) is 15.6 Å². The van der Waals surface area contributed by atoms with E-state index in [1.165, 1.54) is 0 Å². The molecule has 12 heteroatoms. The molecule has 1 aromatic carbocycles. The summed E-state index contributed by atoms with van der Waals surface area (Å²) in [6, 6.07) is 5.60. The summed E-state index contributed by atoms with van der Waals surface area (Å²) in [5.41, 5.74) is 17.3. The van der Waals surface area contributed by atoms with E-state index < -0.39 is 48.3 Å². The van der Waals surface area contributed by atoms with E-state index in [1.807, 2.05) is 30.3 Å². The standard InChI is InChI=1S/C20H30N6O6/c21-13(11-12-5-2-1-3-6-12)17(29)25-14(7-4-10-24-20(22)23)18(30)26-15(19(31)32)8-9-16(27)28/h1-3,5-6,13-15H,4,7-11,21H2,(H,25,29)(H,26,30)(H,27,28)(H,31,32)(H4,22,23,24). The number of nitrogens with two attached hydrogens (primary N) is 3. The van der Waals surface area contributed by atoms with Crippen LogP contribution >= 0.6 is 0 Å².